The van der Waals surface area contributed by atoms with E-state index in [1.54, 1.807) is 19.2 Å². The Morgan fingerprint density at radius 3 is 2.89 bits per heavy atom. The molecule has 1 aliphatic rings. The average molecular weight is 267 g/mol. The van der Waals surface area contributed by atoms with E-state index in [0.29, 0.717) is 42.4 Å². The zero-order valence-corrected chi connectivity index (χ0v) is 10.7. The molecule has 1 unspecified atom stereocenters. The standard InChI is InChI=1S/C13H17NO5/c1-17-9-3-4-10-13(19-7-6-18-10)12(9)8(14)2-5-11(15)16/h3-4,8H,2,5-7,14H2,1H3,(H,15,16). The number of hydrogen-bond acceptors (Lipinski definition) is 5. The van der Waals surface area contributed by atoms with E-state index in [9.17, 15) is 4.79 Å². The SMILES string of the molecule is COc1ccc2c(c1C(N)CCC(=O)O)OCCO2. The van der Waals surface area contributed by atoms with Crippen molar-refractivity contribution in [3.8, 4) is 17.2 Å². The van der Waals surface area contributed by atoms with Crippen molar-refractivity contribution in [2.45, 2.75) is 18.9 Å². The summed E-state index contributed by atoms with van der Waals surface area (Å²) in [5, 5.41) is 8.73. The second-order valence-corrected chi connectivity index (χ2v) is 4.24. The van der Waals surface area contributed by atoms with Crippen molar-refractivity contribution in [1.82, 2.24) is 0 Å². The Bertz CT molecular complexity index is 474. The van der Waals surface area contributed by atoms with Gasteiger partial charge in [-0.25, -0.2) is 0 Å². The van der Waals surface area contributed by atoms with E-state index in [1.165, 1.54) is 0 Å². The smallest absolute Gasteiger partial charge is 0.303 e. The van der Waals surface area contributed by atoms with E-state index < -0.39 is 12.0 Å². The van der Waals surface area contributed by atoms with Gasteiger partial charge in [0.25, 0.3) is 0 Å². The zero-order chi connectivity index (χ0) is 13.8. The minimum atomic E-state index is -0.878. The molecular formula is C13H17NO5. The number of methoxy groups -OCH3 is 1. The molecule has 0 saturated carbocycles. The molecule has 3 N–H and O–H groups in total. The largest absolute Gasteiger partial charge is 0.496 e. The third-order valence-corrected chi connectivity index (χ3v) is 2.97. The average Bonchev–Trinajstić information content (AvgIpc) is 2.43. The molecule has 104 valence electrons. The van der Waals surface area contributed by atoms with Crippen LogP contribution in [0.2, 0.25) is 0 Å². The fraction of sp³-hybridized carbons (Fsp3) is 0.462. The predicted molar refractivity (Wildman–Crippen MR) is 67.8 cm³/mol. The van der Waals surface area contributed by atoms with Gasteiger partial charge in [0.15, 0.2) is 11.5 Å². The molecule has 0 radical (unpaired) electrons. The number of carboxylic acid groups (broad SMARTS) is 1. The molecule has 1 aromatic rings. The predicted octanol–water partition coefficient (Wildman–Crippen LogP) is 1.33. The molecule has 1 aromatic carbocycles. The minimum Gasteiger partial charge on any atom is -0.496 e. The molecule has 1 aliphatic heterocycles. The van der Waals surface area contributed by atoms with E-state index in [0.717, 1.165) is 0 Å². The van der Waals surface area contributed by atoms with Crippen LogP contribution in [0.25, 0.3) is 0 Å². The normalized spacial score (nSPS) is 14.8. The van der Waals surface area contributed by atoms with Gasteiger partial charge in [-0.3, -0.25) is 4.79 Å². The summed E-state index contributed by atoms with van der Waals surface area (Å²) in [6.07, 6.45) is 0.306. The highest BCUT2D eigenvalue weighted by atomic mass is 16.6. The maximum atomic E-state index is 10.6. The lowest BCUT2D eigenvalue weighted by molar-refractivity contribution is -0.137. The van der Waals surface area contributed by atoms with Crippen LogP contribution >= 0.6 is 0 Å². The molecule has 0 saturated heterocycles. The molecular weight excluding hydrogens is 250 g/mol. The van der Waals surface area contributed by atoms with Gasteiger partial charge in [-0.15, -0.1) is 0 Å². The van der Waals surface area contributed by atoms with Crippen molar-refractivity contribution in [3.63, 3.8) is 0 Å². The first-order chi connectivity index (χ1) is 9.13. The highest BCUT2D eigenvalue weighted by Gasteiger charge is 2.24. The van der Waals surface area contributed by atoms with Gasteiger partial charge in [-0.05, 0) is 18.6 Å². The van der Waals surface area contributed by atoms with Crippen molar-refractivity contribution >= 4 is 5.97 Å². The van der Waals surface area contributed by atoms with E-state index in [-0.39, 0.29) is 6.42 Å². The monoisotopic (exact) mass is 267 g/mol. The van der Waals surface area contributed by atoms with E-state index in [2.05, 4.69) is 0 Å². The number of carbonyl (C=O) groups is 1. The maximum absolute atomic E-state index is 10.6. The van der Waals surface area contributed by atoms with Crippen LogP contribution in [-0.4, -0.2) is 31.4 Å². The first kappa shape index (κ1) is 13.5. The lowest BCUT2D eigenvalue weighted by Crippen LogP contribution is -2.20. The van der Waals surface area contributed by atoms with Crippen molar-refractivity contribution in [2.24, 2.45) is 5.73 Å². The topological polar surface area (TPSA) is 91.0 Å². The summed E-state index contributed by atoms with van der Waals surface area (Å²) in [4.78, 5) is 10.6. The summed E-state index contributed by atoms with van der Waals surface area (Å²) >= 11 is 0. The van der Waals surface area contributed by atoms with Crippen molar-refractivity contribution < 1.29 is 24.1 Å². The number of nitrogens with two attached hydrogens (primary N) is 1. The van der Waals surface area contributed by atoms with Gasteiger partial charge in [-0.1, -0.05) is 0 Å². The number of aliphatic carboxylic acids is 1. The van der Waals surface area contributed by atoms with Crippen LogP contribution in [0.4, 0.5) is 0 Å². The van der Waals surface area contributed by atoms with Crippen LogP contribution in [0.15, 0.2) is 12.1 Å². The Kier molecular flexibility index (Phi) is 4.11. The molecule has 0 aliphatic carbocycles. The van der Waals surface area contributed by atoms with Crippen molar-refractivity contribution in [2.75, 3.05) is 20.3 Å². The van der Waals surface area contributed by atoms with Gasteiger partial charge in [0.05, 0.1) is 12.7 Å². The van der Waals surface area contributed by atoms with E-state index >= 15 is 0 Å². The summed E-state index contributed by atoms with van der Waals surface area (Å²) < 4.78 is 16.4. The fourth-order valence-electron chi connectivity index (χ4n) is 2.07. The van der Waals surface area contributed by atoms with Gasteiger partial charge >= 0.3 is 5.97 Å². The lowest BCUT2D eigenvalue weighted by Gasteiger charge is -2.25. The number of rotatable bonds is 5. The van der Waals surface area contributed by atoms with Gasteiger partial charge in [0.2, 0.25) is 0 Å². The van der Waals surface area contributed by atoms with E-state index in [4.69, 9.17) is 25.1 Å². The Balaban J connectivity index is 2.32. The van der Waals surface area contributed by atoms with Crippen LogP contribution in [0.3, 0.4) is 0 Å². The molecule has 1 atom stereocenters. The molecule has 0 amide bonds. The second kappa shape index (κ2) is 5.79. The Labute approximate surface area is 111 Å². The second-order valence-electron chi connectivity index (χ2n) is 4.24. The Morgan fingerprint density at radius 2 is 2.21 bits per heavy atom. The summed E-state index contributed by atoms with van der Waals surface area (Å²) in [7, 11) is 1.54. The molecule has 0 spiro atoms. The first-order valence-electron chi connectivity index (χ1n) is 6.07. The molecule has 1 heterocycles. The zero-order valence-electron chi connectivity index (χ0n) is 10.7. The molecule has 0 fully saturated rings. The van der Waals surface area contributed by atoms with Crippen molar-refractivity contribution in [1.29, 1.82) is 0 Å². The van der Waals surface area contributed by atoms with Gasteiger partial charge < -0.3 is 25.1 Å². The number of carboxylic acids is 1. The van der Waals surface area contributed by atoms with Crippen LogP contribution < -0.4 is 19.9 Å². The van der Waals surface area contributed by atoms with Gasteiger partial charge in [0, 0.05) is 12.5 Å². The fourth-order valence-corrected chi connectivity index (χ4v) is 2.07. The quantitative estimate of drug-likeness (QED) is 0.836. The molecule has 0 aromatic heterocycles. The molecule has 6 heteroatoms. The van der Waals surface area contributed by atoms with Crippen molar-refractivity contribution in [3.05, 3.63) is 17.7 Å². The molecule has 2 rings (SSSR count). The number of hydrogen-bond donors (Lipinski definition) is 2. The van der Waals surface area contributed by atoms with Crippen LogP contribution in [0.5, 0.6) is 17.2 Å². The highest BCUT2D eigenvalue weighted by Crippen LogP contribution is 2.43. The Morgan fingerprint density at radius 1 is 1.47 bits per heavy atom. The van der Waals surface area contributed by atoms with Gasteiger partial charge in [0.1, 0.15) is 19.0 Å². The summed E-state index contributed by atoms with van der Waals surface area (Å²) in [6.45, 7) is 0.932. The van der Waals surface area contributed by atoms with Crippen LogP contribution in [0, 0.1) is 0 Å². The summed E-state index contributed by atoms with van der Waals surface area (Å²) in [6, 6.07) is 3.05. The third-order valence-electron chi connectivity index (χ3n) is 2.97. The third kappa shape index (κ3) is 2.90. The van der Waals surface area contributed by atoms with E-state index in [1.807, 2.05) is 0 Å². The summed E-state index contributed by atoms with van der Waals surface area (Å²) in [5.41, 5.74) is 6.73. The Hall–Kier alpha value is -1.95. The highest BCUT2D eigenvalue weighted by molar-refractivity contribution is 5.67. The maximum Gasteiger partial charge on any atom is 0.303 e. The number of fused-ring (bicyclic) bond motifs is 1. The van der Waals surface area contributed by atoms with Crippen LogP contribution in [0.1, 0.15) is 24.4 Å². The minimum absolute atomic E-state index is 0.00511. The lowest BCUT2D eigenvalue weighted by atomic mass is 10.00. The molecule has 19 heavy (non-hydrogen) atoms. The number of benzene rings is 1. The number of ether oxygens (including phenoxy) is 3. The summed E-state index contributed by atoms with van der Waals surface area (Å²) in [5.74, 6) is 0.884. The molecule has 6 nitrogen and oxygen atoms in total. The molecule has 0 bridgehead atoms. The van der Waals surface area contributed by atoms with Gasteiger partial charge in [-0.2, -0.15) is 0 Å². The first-order valence-corrected chi connectivity index (χ1v) is 6.07. The van der Waals surface area contributed by atoms with Crippen LogP contribution in [-0.2, 0) is 4.79 Å².